The van der Waals surface area contributed by atoms with Gasteiger partial charge in [-0.1, -0.05) is 16.8 Å². The topological polar surface area (TPSA) is 61.3 Å². The van der Waals surface area contributed by atoms with Crippen molar-refractivity contribution in [3.05, 3.63) is 28.5 Å². The number of aryl methyl sites for hydroxylation is 1. The van der Waals surface area contributed by atoms with E-state index in [1.807, 2.05) is 0 Å². The van der Waals surface area contributed by atoms with Crippen LogP contribution in [0, 0.1) is 12.7 Å². The van der Waals surface area contributed by atoms with Gasteiger partial charge in [-0.05, 0) is 18.6 Å². The summed E-state index contributed by atoms with van der Waals surface area (Å²) in [6.07, 6.45) is 0. The summed E-state index contributed by atoms with van der Waals surface area (Å²) < 4.78 is 23.5. The van der Waals surface area contributed by atoms with Crippen molar-refractivity contribution >= 4 is 17.5 Å². The number of hydrogen-bond acceptors (Lipinski definition) is 4. The van der Waals surface area contributed by atoms with Crippen LogP contribution < -0.4 is 10.5 Å². The van der Waals surface area contributed by atoms with E-state index in [9.17, 15) is 4.39 Å². The molecule has 0 atom stereocenters. The third-order valence-corrected chi connectivity index (χ3v) is 2.72. The molecule has 1 aromatic carbocycles. The van der Waals surface area contributed by atoms with Crippen LogP contribution in [0.25, 0.3) is 11.3 Å². The van der Waals surface area contributed by atoms with Crippen LogP contribution in [0.2, 0.25) is 5.02 Å². The smallest absolute Gasteiger partial charge is 0.222 e. The molecule has 0 spiro atoms. The van der Waals surface area contributed by atoms with Crippen molar-refractivity contribution in [3.63, 3.8) is 0 Å². The Labute approximate surface area is 102 Å². The predicted octanol–water partition coefficient (Wildman–Crippen LogP) is 3.03. The van der Waals surface area contributed by atoms with E-state index in [4.69, 9.17) is 26.6 Å². The first-order valence-corrected chi connectivity index (χ1v) is 5.17. The lowest BCUT2D eigenvalue weighted by atomic mass is 10.1. The lowest BCUT2D eigenvalue weighted by Gasteiger charge is -2.11. The van der Waals surface area contributed by atoms with Crippen molar-refractivity contribution < 1.29 is 13.7 Å². The highest BCUT2D eigenvalue weighted by molar-refractivity contribution is 6.33. The molecule has 0 amide bonds. The molecule has 0 bridgehead atoms. The molecule has 4 nitrogen and oxygen atoms in total. The van der Waals surface area contributed by atoms with Crippen LogP contribution in [0.3, 0.4) is 0 Å². The number of ether oxygens (including phenoxy) is 1. The molecule has 0 radical (unpaired) electrons. The molecule has 1 heterocycles. The fourth-order valence-electron chi connectivity index (χ4n) is 1.63. The van der Waals surface area contributed by atoms with Crippen LogP contribution in [0.5, 0.6) is 5.75 Å². The number of rotatable bonds is 2. The third-order valence-electron chi connectivity index (χ3n) is 2.35. The maximum Gasteiger partial charge on any atom is 0.222 e. The summed E-state index contributed by atoms with van der Waals surface area (Å²) in [7, 11) is 1.48. The summed E-state index contributed by atoms with van der Waals surface area (Å²) in [5.74, 6) is 0.0336. The first kappa shape index (κ1) is 11.7. The van der Waals surface area contributed by atoms with Gasteiger partial charge in [-0.25, -0.2) is 4.39 Å². The van der Waals surface area contributed by atoms with Gasteiger partial charge in [-0.3, -0.25) is 0 Å². The molecule has 90 valence electrons. The Hall–Kier alpha value is -1.75. The molecule has 2 aromatic rings. The van der Waals surface area contributed by atoms with Gasteiger partial charge in [0.1, 0.15) is 17.3 Å². The summed E-state index contributed by atoms with van der Waals surface area (Å²) in [4.78, 5) is 0. The molecule has 0 saturated heterocycles. The quantitative estimate of drug-likeness (QED) is 0.897. The molecule has 0 aliphatic carbocycles. The van der Waals surface area contributed by atoms with Gasteiger partial charge in [0.2, 0.25) is 5.88 Å². The number of nitrogens with two attached hydrogens (primary N) is 1. The minimum Gasteiger partial charge on any atom is -0.496 e. The van der Waals surface area contributed by atoms with Gasteiger partial charge in [0, 0.05) is 6.07 Å². The first-order valence-electron chi connectivity index (χ1n) is 4.79. The molecule has 2 N–H and O–H groups in total. The second kappa shape index (κ2) is 4.25. The van der Waals surface area contributed by atoms with Crippen molar-refractivity contribution in [2.45, 2.75) is 6.92 Å². The van der Waals surface area contributed by atoms with Crippen molar-refractivity contribution in [3.8, 4) is 17.0 Å². The van der Waals surface area contributed by atoms with E-state index in [0.29, 0.717) is 22.6 Å². The zero-order chi connectivity index (χ0) is 12.6. The second-order valence-corrected chi connectivity index (χ2v) is 3.89. The second-order valence-electron chi connectivity index (χ2n) is 3.51. The van der Waals surface area contributed by atoms with Crippen molar-refractivity contribution in [2.24, 2.45) is 0 Å². The molecular weight excluding hydrogens is 247 g/mol. The van der Waals surface area contributed by atoms with E-state index in [2.05, 4.69) is 5.16 Å². The number of nitrogens with zero attached hydrogens (tertiary/aromatic N) is 1. The van der Waals surface area contributed by atoms with Gasteiger partial charge in [-0.15, -0.1) is 0 Å². The summed E-state index contributed by atoms with van der Waals surface area (Å²) in [5, 5.41) is 3.64. The van der Waals surface area contributed by atoms with Crippen LogP contribution in [-0.2, 0) is 0 Å². The molecule has 0 aliphatic heterocycles. The summed E-state index contributed by atoms with van der Waals surface area (Å²) in [5.41, 5.74) is 6.72. The normalized spacial score (nSPS) is 10.6. The van der Waals surface area contributed by atoms with Gasteiger partial charge in [-0.2, -0.15) is 0 Å². The van der Waals surface area contributed by atoms with Gasteiger partial charge in [0.15, 0.2) is 0 Å². The Morgan fingerprint density at radius 1 is 1.47 bits per heavy atom. The fourth-order valence-corrected chi connectivity index (χ4v) is 1.87. The number of benzene rings is 1. The molecule has 0 aliphatic rings. The van der Waals surface area contributed by atoms with Gasteiger partial charge in [0.05, 0.1) is 17.7 Å². The SMILES string of the molecule is COc1c(C)cc(F)c(Cl)c1-c1cc(N)on1. The van der Waals surface area contributed by atoms with Gasteiger partial charge < -0.3 is 15.0 Å². The molecule has 2 rings (SSSR count). The molecule has 0 saturated carbocycles. The minimum atomic E-state index is -0.540. The Bertz CT molecular complexity index is 569. The summed E-state index contributed by atoms with van der Waals surface area (Å²) in [6, 6.07) is 2.76. The average Bonchev–Trinajstić information content (AvgIpc) is 2.69. The summed E-state index contributed by atoms with van der Waals surface area (Å²) >= 11 is 5.92. The summed E-state index contributed by atoms with van der Waals surface area (Å²) in [6.45, 7) is 1.71. The largest absolute Gasteiger partial charge is 0.496 e. The Morgan fingerprint density at radius 3 is 2.71 bits per heavy atom. The van der Waals surface area contributed by atoms with E-state index < -0.39 is 5.82 Å². The highest BCUT2D eigenvalue weighted by atomic mass is 35.5. The van der Waals surface area contributed by atoms with Crippen molar-refractivity contribution in [1.29, 1.82) is 0 Å². The van der Waals surface area contributed by atoms with Crippen LogP contribution in [0.15, 0.2) is 16.7 Å². The molecule has 17 heavy (non-hydrogen) atoms. The molecule has 1 aromatic heterocycles. The van der Waals surface area contributed by atoms with Crippen LogP contribution in [0.1, 0.15) is 5.56 Å². The number of nitrogen functional groups attached to an aromatic ring is 1. The van der Waals surface area contributed by atoms with E-state index in [-0.39, 0.29) is 10.9 Å². The van der Waals surface area contributed by atoms with Crippen LogP contribution in [-0.4, -0.2) is 12.3 Å². The number of aromatic nitrogens is 1. The monoisotopic (exact) mass is 256 g/mol. The maximum atomic E-state index is 13.6. The standard InChI is InChI=1S/C11H10ClFN2O2/c1-5-3-6(13)10(12)9(11(5)16-2)7-4-8(14)17-15-7/h3-4H,14H2,1-2H3. The number of halogens is 2. The van der Waals surface area contributed by atoms with E-state index in [0.717, 1.165) is 0 Å². The molecule has 0 unspecified atom stereocenters. The highest BCUT2D eigenvalue weighted by Crippen LogP contribution is 2.40. The van der Waals surface area contributed by atoms with E-state index >= 15 is 0 Å². The van der Waals surface area contributed by atoms with Crippen molar-refractivity contribution in [2.75, 3.05) is 12.8 Å². The lowest BCUT2D eigenvalue weighted by Crippen LogP contribution is -1.95. The number of anilines is 1. The maximum absolute atomic E-state index is 13.6. The highest BCUT2D eigenvalue weighted by Gasteiger charge is 2.20. The van der Waals surface area contributed by atoms with Gasteiger partial charge in [0.25, 0.3) is 0 Å². The lowest BCUT2D eigenvalue weighted by molar-refractivity contribution is 0.410. The molecule has 6 heteroatoms. The average molecular weight is 257 g/mol. The number of methoxy groups -OCH3 is 1. The predicted molar refractivity (Wildman–Crippen MR) is 62.6 cm³/mol. The van der Waals surface area contributed by atoms with Crippen LogP contribution in [0.4, 0.5) is 10.3 Å². The molecular formula is C11H10ClFN2O2. The van der Waals surface area contributed by atoms with E-state index in [1.165, 1.54) is 19.2 Å². The van der Waals surface area contributed by atoms with Crippen LogP contribution >= 0.6 is 11.6 Å². The number of hydrogen-bond donors (Lipinski definition) is 1. The minimum absolute atomic E-state index is 0.0687. The van der Waals surface area contributed by atoms with Crippen molar-refractivity contribution in [1.82, 2.24) is 5.16 Å². The zero-order valence-electron chi connectivity index (χ0n) is 9.25. The Balaban J connectivity index is 2.74. The first-order chi connectivity index (χ1) is 8.04. The Kier molecular flexibility index (Phi) is 2.93. The van der Waals surface area contributed by atoms with Gasteiger partial charge >= 0.3 is 0 Å². The van der Waals surface area contributed by atoms with E-state index in [1.54, 1.807) is 6.92 Å². The fraction of sp³-hybridized carbons (Fsp3) is 0.182. The third kappa shape index (κ3) is 1.93. The molecule has 0 fully saturated rings. The zero-order valence-corrected chi connectivity index (χ0v) is 10.0. The Morgan fingerprint density at radius 2 is 2.18 bits per heavy atom.